The number of aryl methyl sites for hydroxylation is 3. The highest BCUT2D eigenvalue weighted by Crippen LogP contribution is 2.21. The number of nitrogens with one attached hydrogen (secondary N) is 3. The summed E-state index contributed by atoms with van der Waals surface area (Å²) < 4.78 is 2.15. The highest BCUT2D eigenvalue weighted by atomic mass is 32.1. The van der Waals surface area contributed by atoms with Gasteiger partial charge in [-0.1, -0.05) is 25.1 Å². The Hall–Kier alpha value is -2.34. The SMILES string of the molecule is CCc1cccc(C)c1NC(=S)NNC(=O)c1cc(C)n(C(C)C)c1C. The summed E-state index contributed by atoms with van der Waals surface area (Å²) in [5.74, 6) is -0.199. The number of nitrogens with zero attached hydrogens (tertiary/aromatic N) is 1. The zero-order valence-corrected chi connectivity index (χ0v) is 17.2. The molecule has 140 valence electrons. The highest BCUT2D eigenvalue weighted by molar-refractivity contribution is 7.80. The molecule has 0 saturated heterocycles. The van der Waals surface area contributed by atoms with Crippen LogP contribution in [0.5, 0.6) is 0 Å². The van der Waals surface area contributed by atoms with Crippen LogP contribution >= 0.6 is 12.2 Å². The second kappa shape index (κ2) is 8.36. The van der Waals surface area contributed by atoms with E-state index in [-0.39, 0.29) is 5.91 Å². The fourth-order valence-corrected chi connectivity index (χ4v) is 3.48. The minimum Gasteiger partial charge on any atom is -0.346 e. The van der Waals surface area contributed by atoms with Gasteiger partial charge in [0.05, 0.1) is 5.56 Å². The first-order valence-electron chi connectivity index (χ1n) is 8.90. The summed E-state index contributed by atoms with van der Waals surface area (Å²) in [6, 6.07) is 8.34. The lowest BCUT2D eigenvalue weighted by molar-refractivity contribution is 0.0943. The van der Waals surface area contributed by atoms with Crippen molar-refractivity contribution >= 4 is 28.9 Å². The van der Waals surface area contributed by atoms with Gasteiger partial charge in [0.15, 0.2) is 5.11 Å². The molecular formula is C20H28N4OS. The lowest BCUT2D eigenvalue weighted by Crippen LogP contribution is -2.44. The lowest BCUT2D eigenvalue weighted by atomic mass is 10.1. The van der Waals surface area contributed by atoms with Crippen LogP contribution in [-0.2, 0) is 6.42 Å². The van der Waals surface area contributed by atoms with Gasteiger partial charge in [-0.15, -0.1) is 0 Å². The molecule has 0 radical (unpaired) electrons. The Balaban J connectivity index is 2.04. The molecule has 0 atom stereocenters. The number of carbonyl (C=O) groups excluding carboxylic acids is 1. The topological polar surface area (TPSA) is 58.1 Å². The molecule has 2 rings (SSSR count). The Morgan fingerprint density at radius 3 is 2.46 bits per heavy atom. The molecule has 5 nitrogen and oxygen atoms in total. The average Bonchev–Trinajstić information content (AvgIpc) is 2.89. The van der Waals surface area contributed by atoms with Crippen molar-refractivity contribution < 1.29 is 4.79 Å². The number of thiocarbonyl (C=S) groups is 1. The molecular weight excluding hydrogens is 344 g/mol. The van der Waals surface area contributed by atoms with Crippen molar-refractivity contribution in [3.63, 3.8) is 0 Å². The van der Waals surface area contributed by atoms with E-state index in [4.69, 9.17) is 12.2 Å². The summed E-state index contributed by atoms with van der Waals surface area (Å²) >= 11 is 5.33. The van der Waals surface area contributed by atoms with E-state index in [0.29, 0.717) is 16.7 Å². The molecule has 0 fully saturated rings. The van der Waals surface area contributed by atoms with E-state index in [1.807, 2.05) is 39.0 Å². The molecule has 6 heteroatoms. The summed E-state index contributed by atoms with van der Waals surface area (Å²) in [6.07, 6.45) is 0.903. The van der Waals surface area contributed by atoms with Crippen LogP contribution < -0.4 is 16.2 Å². The van der Waals surface area contributed by atoms with E-state index in [2.05, 4.69) is 47.6 Å². The largest absolute Gasteiger partial charge is 0.346 e. The number of benzene rings is 1. The van der Waals surface area contributed by atoms with Gasteiger partial charge < -0.3 is 9.88 Å². The van der Waals surface area contributed by atoms with Crippen molar-refractivity contribution in [1.82, 2.24) is 15.4 Å². The number of hydrogen-bond acceptors (Lipinski definition) is 2. The molecule has 1 amide bonds. The molecule has 0 spiro atoms. The Morgan fingerprint density at radius 2 is 1.88 bits per heavy atom. The Labute approximate surface area is 161 Å². The molecule has 1 aromatic carbocycles. The first-order chi connectivity index (χ1) is 12.3. The number of carbonyl (C=O) groups is 1. The van der Waals surface area contributed by atoms with E-state index in [9.17, 15) is 4.79 Å². The molecule has 0 aliphatic heterocycles. The summed E-state index contributed by atoms with van der Waals surface area (Å²) in [7, 11) is 0. The number of rotatable bonds is 4. The van der Waals surface area contributed by atoms with Gasteiger partial charge in [0, 0.05) is 23.1 Å². The van der Waals surface area contributed by atoms with Gasteiger partial charge in [0.25, 0.3) is 5.91 Å². The predicted molar refractivity (Wildman–Crippen MR) is 112 cm³/mol. The first-order valence-corrected chi connectivity index (χ1v) is 9.31. The molecule has 0 aliphatic carbocycles. The monoisotopic (exact) mass is 372 g/mol. The number of aromatic nitrogens is 1. The third-order valence-corrected chi connectivity index (χ3v) is 4.72. The van der Waals surface area contributed by atoms with E-state index >= 15 is 0 Å². The Kier molecular flexibility index (Phi) is 6.42. The number of para-hydroxylation sites is 1. The number of hydrogen-bond donors (Lipinski definition) is 3. The first kappa shape index (κ1) is 20.0. The van der Waals surface area contributed by atoms with Crippen molar-refractivity contribution in [1.29, 1.82) is 0 Å². The Morgan fingerprint density at radius 1 is 1.19 bits per heavy atom. The van der Waals surface area contributed by atoms with Crippen molar-refractivity contribution in [2.45, 2.75) is 54.0 Å². The molecule has 0 saturated carbocycles. The standard InChI is InChI=1S/C20H28N4OS/c1-7-16-10-8-9-13(4)18(16)21-20(26)23-22-19(25)17-11-14(5)24(12(2)3)15(17)6/h8-12H,7H2,1-6H3,(H,22,25)(H2,21,23,26). The Bertz CT molecular complexity index is 823. The van der Waals surface area contributed by atoms with Crippen LogP contribution in [-0.4, -0.2) is 15.6 Å². The van der Waals surface area contributed by atoms with Crippen LogP contribution in [0.3, 0.4) is 0 Å². The van der Waals surface area contributed by atoms with Gasteiger partial charge >= 0.3 is 0 Å². The minimum atomic E-state index is -0.199. The van der Waals surface area contributed by atoms with Gasteiger partial charge in [0.2, 0.25) is 0 Å². The minimum absolute atomic E-state index is 0.199. The zero-order valence-electron chi connectivity index (χ0n) is 16.4. The van der Waals surface area contributed by atoms with Crippen LogP contribution in [0.1, 0.15) is 59.7 Å². The smallest absolute Gasteiger partial charge is 0.271 e. The number of anilines is 1. The van der Waals surface area contributed by atoms with Crippen LogP contribution in [0.4, 0.5) is 5.69 Å². The van der Waals surface area contributed by atoms with Crippen molar-refractivity contribution in [2.24, 2.45) is 0 Å². The van der Waals surface area contributed by atoms with Crippen molar-refractivity contribution in [3.8, 4) is 0 Å². The van der Waals surface area contributed by atoms with Gasteiger partial charge in [-0.25, -0.2) is 0 Å². The maximum absolute atomic E-state index is 12.5. The van der Waals surface area contributed by atoms with Crippen LogP contribution in [0.2, 0.25) is 0 Å². The lowest BCUT2D eigenvalue weighted by Gasteiger charge is -2.16. The van der Waals surface area contributed by atoms with Gasteiger partial charge in [-0.3, -0.25) is 15.6 Å². The summed E-state index contributed by atoms with van der Waals surface area (Å²) in [5.41, 5.74) is 11.4. The third-order valence-electron chi connectivity index (χ3n) is 4.51. The average molecular weight is 373 g/mol. The number of hydrazine groups is 1. The summed E-state index contributed by atoms with van der Waals surface area (Å²) in [5, 5.41) is 3.55. The van der Waals surface area contributed by atoms with E-state index in [0.717, 1.165) is 29.1 Å². The quantitative estimate of drug-likeness (QED) is 0.556. The second-order valence-electron chi connectivity index (χ2n) is 6.74. The molecule has 1 heterocycles. The molecule has 0 bridgehead atoms. The molecule has 2 aromatic rings. The van der Waals surface area contributed by atoms with E-state index in [1.165, 1.54) is 5.56 Å². The van der Waals surface area contributed by atoms with Crippen LogP contribution in [0.25, 0.3) is 0 Å². The fourth-order valence-electron chi connectivity index (χ4n) is 3.33. The fraction of sp³-hybridized carbons (Fsp3) is 0.400. The van der Waals surface area contributed by atoms with Crippen molar-refractivity contribution in [3.05, 3.63) is 52.3 Å². The highest BCUT2D eigenvalue weighted by Gasteiger charge is 2.17. The summed E-state index contributed by atoms with van der Waals surface area (Å²) in [6.45, 7) is 12.3. The number of amides is 1. The van der Waals surface area contributed by atoms with Gasteiger partial charge in [-0.2, -0.15) is 0 Å². The van der Waals surface area contributed by atoms with Gasteiger partial charge in [-0.05, 0) is 70.5 Å². The predicted octanol–water partition coefficient (Wildman–Crippen LogP) is 4.19. The normalized spacial score (nSPS) is 10.7. The maximum atomic E-state index is 12.5. The third kappa shape index (κ3) is 4.25. The second-order valence-corrected chi connectivity index (χ2v) is 7.15. The molecule has 3 N–H and O–H groups in total. The maximum Gasteiger partial charge on any atom is 0.271 e. The zero-order chi connectivity index (χ0) is 19.4. The summed E-state index contributed by atoms with van der Waals surface area (Å²) in [4.78, 5) is 12.5. The molecule has 26 heavy (non-hydrogen) atoms. The molecule has 0 aliphatic rings. The molecule has 0 unspecified atom stereocenters. The van der Waals surface area contributed by atoms with Crippen LogP contribution in [0, 0.1) is 20.8 Å². The van der Waals surface area contributed by atoms with Crippen LogP contribution in [0.15, 0.2) is 24.3 Å². The van der Waals surface area contributed by atoms with E-state index in [1.54, 1.807) is 0 Å². The van der Waals surface area contributed by atoms with E-state index < -0.39 is 0 Å². The van der Waals surface area contributed by atoms with Crippen molar-refractivity contribution in [2.75, 3.05) is 5.32 Å². The van der Waals surface area contributed by atoms with Gasteiger partial charge in [0.1, 0.15) is 0 Å². The molecule has 1 aromatic heterocycles.